The molecule has 1 aromatic carbocycles. The van der Waals surface area contributed by atoms with Gasteiger partial charge in [0.1, 0.15) is 22.1 Å². The van der Waals surface area contributed by atoms with Gasteiger partial charge in [0, 0.05) is 24.8 Å². The van der Waals surface area contributed by atoms with E-state index in [0.717, 1.165) is 35.5 Å². The van der Waals surface area contributed by atoms with Crippen molar-refractivity contribution in [3.8, 4) is 0 Å². The van der Waals surface area contributed by atoms with Gasteiger partial charge in [0.15, 0.2) is 0 Å². The average molecular weight is 521 g/mol. The van der Waals surface area contributed by atoms with Crippen LogP contribution in [0.4, 0.5) is 14.5 Å². The molecule has 0 unspecified atom stereocenters. The molecule has 2 aromatic rings. The normalized spacial score (nSPS) is 25.7. The number of unbranched alkanes of at least 4 members (excludes halogenated alkanes) is 1. The van der Waals surface area contributed by atoms with Crippen LogP contribution in [-0.4, -0.2) is 65.9 Å². The Hall–Kier alpha value is -3.12. The van der Waals surface area contributed by atoms with Crippen LogP contribution < -0.4 is 10.6 Å². The summed E-state index contributed by atoms with van der Waals surface area (Å²) in [6.07, 6.45) is 3.02. The van der Waals surface area contributed by atoms with E-state index in [4.69, 9.17) is 5.41 Å². The first kappa shape index (κ1) is 26.0. The number of nitrogens with zero attached hydrogens (tertiary/aromatic N) is 3. The number of guanidine groups is 1. The molecule has 2 fully saturated rings. The van der Waals surface area contributed by atoms with Gasteiger partial charge in [-0.05, 0) is 63.2 Å². The number of hydrogen-bond acceptors (Lipinski definition) is 6. The van der Waals surface area contributed by atoms with E-state index in [1.54, 1.807) is 6.92 Å². The molecule has 2 aliphatic rings. The summed E-state index contributed by atoms with van der Waals surface area (Å²) in [5.74, 6) is -2.24. The fourth-order valence-corrected chi connectivity index (χ4v) is 7.31. The van der Waals surface area contributed by atoms with Crippen LogP contribution in [0.1, 0.15) is 49.2 Å². The van der Waals surface area contributed by atoms with Crippen molar-refractivity contribution in [1.82, 2.24) is 19.5 Å². The van der Waals surface area contributed by atoms with Gasteiger partial charge in [-0.1, -0.05) is 13.3 Å². The van der Waals surface area contributed by atoms with Gasteiger partial charge in [-0.2, -0.15) is 0 Å². The van der Waals surface area contributed by atoms with Crippen molar-refractivity contribution in [3.63, 3.8) is 0 Å². The van der Waals surface area contributed by atoms with E-state index in [0.29, 0.717) is 13.1 Å². The second-order valence-corrected chi connectivity index (χ2v) is 11.7. The number of aromatic nitrogens is 1. The van der Waals surface area contributed by atoms with Gasteiger partial charge in [0.05, 0.1) is 11.7 Å². The second kappa shape index (κ2) is 9.40. The number of carbonyl (C=O) groups excluding carboxylic acids is 1. The predicted molar refractivity (Wildman–Crippen MR) is 132 cm³/mol. The predicted octanol–water partition coefficient (Wildman–Crippen LogP) is 2.87. The lowest BCUT2D eigenvalue weighted by molar-refractivity contribution is 0.102. The zero-order valence-electron chi connectivity index (χ0n) is 20.4. The van der Waals surface area contributed by atoms with Crippen LogP contribution in [0.3, 0.4) is 0 Å². The molecule has 36 heavy (non-hydrogen) atoms. The highest BCUT2D eigenvalue weighted by molar-refractivity contribution is 7.91. The zero-order chi connectivity index (χ0) is 26.3. The number of hydrogen-bond donors (Lipinski definition) is 3. The number of anilines is 1. The Kier molecular flexibility index (Phi) is 6.78. The number of carbonyl (C=O) groups is 1. The molecule has 0 aliphatic carbocycles. The molecular formula is C24H30F2N6O3S. The molecule has 0 saturated carbocycles. The molecule has 0 bridgehead atoms. The Morgan fingerprint density at radius 2 is 2.03 bits per heavy atom. The molecule has 194 valence electrons. The first-order chi connectivity index (χ1) is 16.9. The van der Waals surface area contributed by atoms with Crippen LogP contribution >= 0.6 is 0 Å². The van der Waals surface area contributed by atoms with Gasteiger partial charge >= 0.3 is 0 Å². The largest absolute Gasteiger partial charge is 0.345 e. The molecular weight excluding hydrogens is 490 g/mol. The van der Waals surface area contributed by atoms with Crippen LogP contribution in [-0.2, 0) is 15.6 Å². The van der Waals surface area contributed by atoms with E-state index < -0.39 is 37.9 Å². The van der Waals surface area contributed by atoms with E-state index in [1.807, 2.05) is 0 Å². The number of halogens is 2. The lowest BCUT2D eigenvalue weighted by Gasteiger charge is -2.52. The van der Waals surface area contributed by atoms with Gasteiger partial charge in [-0.15, -0.1) is 0 Å². The summed E-state index contributed by atoms with van der Waals surface area (Å²) in [6, 6.07) is 6.22. The summed E-state index contributed by atoms with van der Waals surface area (Å²) >= 11 is 0. The standard InChI is InChI=1S/C24H30F2N6O3S/c1-4-5-11-32-12-10-24(15-32)23(2,30-22(27)31(3)36(24,34)35)18-13-17(7-8-19(18)26)29-21(33)20-9-6-16(25)14-28-20/h6-9,13-14H,4-5,10-12,15H2,1-3H3,(H2,27,30)(H,29,33)/t23-,24+/m1/s1. The molecule has 1 amide bonds. The summed E-state index contributed by atoms with van der Waals surface area (Å²) < 4.78 is 55.7. The lowest BCUT2D eigenvalue weighted by Crippen LogP contribution is -2.74. The van der Waals surface area contributed by atoms with Crippen molar-refractivity contribution in [1.29, 1.82) is 5.41 Å². The maximum atomic E-state index is 15.4. The monoisotopic (exact) mass is 520 g/mol. The molecule has 12 heteroatoms. The van der Waals surface area contributed by atoms with Crippen molar-refractivity contribution in [2.24, 2.45) is 0 Å². The second-order valence-electron chi connectivity index (χ2n) is 9.46. The van der Waals surface area contributed by atoms with Gasteiger partial charge in [0.25, 0.3) is 5.91 Å². The zero-order valence-corrected chi connectivity index (χ0v) is 21.3. The Morgan fingerprint density at radius 3 is 2.69 bits per heavy atom. The van der Waals surface area contributed by atoms with Gasteiger partial charge in [0.2, 0.25) is 16.0 Å². The molecule has 2 aliphatic heterocycles. The van der Waals surface area contributed by atoms with Crippen LogP contribution in [0.15, 0.2) is 36.5 Å². The minimum Gasteiger partial charge on any atom is -0.345 e. The van der Waals surface area contributed by atoms with Gasteiger partial charge < -0.3 is 15.5 Å². The fraction of sp³-hybridized carbons (Fsp3) is 0.458. The Balaban J connectivity index is 1.76. The Labute approximate surface area is 209 Å². The number of pyridine rings is 1. The van der Waals surface area contributed by atoms with E-state index in [1.165, 1.54) is 25.2 Å². The van der Waals surface area contributed by atoms with Crippen LogP contribution in [0.5, 0.6) is 0 Å². The number of rotatable bonds is 6. The molecule has 0 radical (unpaired) electrons. The topological polar surface area (TPSA) is 118 Å². The highest BCUT2D eigenvalue weighted by Crippen LogP contribution is 2.49. The average Bonchev–Trinajstić information content (AvgIpc) is 3.29. The third-order valence-corrected chi connectivity index (χ3v) is 9.94. The maximum Gasteiger partial charge on any atom is 0.274 e. The van der Waals surface area contributed by atoms with Crippen molar-refractivity contribution in [2.75, 3.05) is 32.0 Å². The van der Waals surface area contributed by atoms with Crippen LogP contribution in [0.25, 0.3) is 0 Å². The SMILES string of the molecule is CCCCN1CC[C@]2(C1)[C@@](C)(c1cc(NC(=O)c3ccc(F)cn3)ccc1F)NC(=N)N(C)S2(=O)=O. The van der Waals surface area contributed by atoms with Gasteiger partial charge in [-0.3, -0.25) is 10.2 Å². The minimum atomic E-state index is -4.06. The van der Waals surface area contributed by atoms with Crippen molar-refractivity contribution in [3.05, 3.63) is 59.4 Å². The summed E-state index contributed by atoms with van der Waals surface area (Å²) in [7, 11) is -2.74. The highest BCUT2D eigenvalue weighted by Gasteiger charge is 2.66. The van der Waals surface area contributed by atoms with Gasteiger partial charge in [-0.25, -0.2) is 26.5 Å². The third-order valence-electron chi connectivity index (χ3n) is 7.31. The highest BCUT2D eigenvalue weighted by atomic mass is 32.2. The molecule has 3 N–H and O–H groups in total. The molecule has 9 nitrogen and oxygen atoms in total. The maximum absolute atomic E-state index is 15.4. The minimum absolute atomic E-state index is 0.0196. The number of benzene rings is 1. The lowest BCUT2D eigenvalue weighted by atomic mass is 9.77. The number of nitrogens with one attached hydrogen (secondary N) is 3. The summed E-state index contributed by atoms with van der Waals surface area (Å²) in [5, 5.41) is 13.9. The van der Waals surface area contributed by atoms with E-state index in [-0.39, 0.29) is 35.9 Å². The van der Waals surface area contributed by atoms with E-state index in [2.05, 4.69) is 27.4 Å². The summed E-state index contributed by atoms with van der Waals surface area (Å²) in [4.78, 5) is 18.4. The molecule has 1 aromatic heterocycles. The van der Waals surface area contributed by atoms with E-state index in [9.17, 15) is 17.6 Å². The first-order valence-electron chi connectivity index (χ1n) is 11.8. The molecule has 4 rings (SSSR count). The third kappa shape index (κ3) is 4.11. The van der Waals surface area contributed by atoms with E-state index >= 15 is 4.39 Å². The first-order valence-corrected chi connectivity index (χ1v) is 13.2. The molecule has 3 heterocycles. The van der Waals surface area contributed by atoms with Crippen molar-refractivity contribution >= 4 is 27.6 Å². The van der Waals surface area contributed by atoms with Crippen molar-refractivity contribution in [2.45, 2.75) is 43.4 Å². The summed E-state index contributed by atoms with van der Waals surface area (Å²) in [6.45, 7) is 5.06. The number of sulfonamides is 1. The van der Waals surface area contributed by atoms with Crippen molar-refractivity contribution < 1.29 is 22.0 Å². The fourth-order valence-electron chi connectivity index (χ4n) is 5.12. The summed E-state index contributed by atoms with van der Waals surface area (Å²) in [5.41, 5.74) is -1.31. The van der Waals surface area contributed by atoms with Crippen LogP contribution in [0, 0.1) is 17.0 Å². The molecule has 1 spiro atoms. The quantitative estimate of drug-likeness (QED) is 0.539. The number of amides is 1. The Bertz CT molecular complexity index is 1290. The number of likely N-dealkylation sites (tertiary alicyclic amines) is 1. The molecule has 2 saturated heterocycles. The van der Waals surface area contributed by atoms with Crippen LogP contribution in [0.2, 0.25) is 0 Å². The Morgan fingerprint density at radius 1 is 1.28 bits per heavy atom. The smallest absolute Gasteiger partial charge is 0.274 e. The molecule has 2 atom stereocenters.